The summed E-state index contributed by atoms with van der Waals surface area (Å²) in [6.45, 7) is 18.4. The summed E-state index contributed by atoms with van der Waals surface area (Å²) in [6, 6.07) is 0. The smallest absolute Gasteiger partial charge is 0.410 e. The Morgan fingerprint density at radius 2 is 1.07 bits per heavy atom. The van der Waals surface area contributed by atoms with E-state index in [9.17, 15) is 14.7 Å². The van der Waals surface area contributed by atoms with Crippen LogP contribution >= 0.6 is 0 Å². The molecular formula is C32H58N2O8. The lowest BCUT2D eigenvalue weighted by Gasteiger charge is -2.40. The minimum absolute atomic E-state index is 0.0867. The van der Waals surface area contributed by atoms with Crippen molar-refractivity contribution in [3.63, 3.8) is 0 Å². The number of aliphatic hydroxyl groups excluding tert-OH is 1. The highest BCUT2D eigenvalue weighted by Gasteiger charge is 2.36. The van der Waals surface area contributed by atoms with E-state index in [0.717, 1.165) is 51.4 Å². The number of amides is 2. The van der Waals surface area contributed by atoms with Crippen molar-refractivity contribution in [3.05, 3.63) is 0 Å². The maximum absolute atomic E-state index is 11.8. The van der Waals surface area contributed by atoms with E-state index in [1.54, 1.807) is 9.80 Å². The highest BCUT2D eigenvalue weighted by Crippen LogP contribution is 2.33. The van der Waals surface area contributed by atoms with Gasteiger partial charge in [-0.25, -0.2) is 9.59 Å². The van der Waals surface area contributed by atoms with Crippen LogP contribution in [0.2, 0.25) is 0 Å². The van der Waals surface area contributed by atoms with E-state index in [0.29, 0.717) is 38.2 Å². The van der Waals surface area contributed by atoms with Gasteiger partial charge >= 0.3 is 12.2 Å². The van der Waals surface area contributed by atoms with E-state index in [1.807, 2.05) is 41.5 Å². The SMILES string of the molecule is CC(C)(C)OC(=O)N1CC(OCCC2CC(O)C2)C1.CCCCOC1CC(CCOC2CN(C(=O)OC(C)(C)C)C2)C1. The zero-order chi connectivity index (χ0) is 30.9. The van der Waals surface area contributed by atoms with Gasteiger partial charge in [0.25, 0.3) is 0 Å². The van der Waals surface area contributed by atoms with E-state index in [1.165, 1.54) is 25.7 Å². The zero-order valence-electron chi connectivity index (χ0n) is 27.3. The van der Waals surface area contributed by atoms with Crippen molar-refractivity contribution < 1.29 is 38.4 Å². The van der Waals surface area contributed by atoms with Gasteiger partial charge in [-0.1, -0.05) is 13.3 Å². The standard InChI is InChI=1S/C18H33NO4.C14H25NO4/c1-5-6-8-21-15-10-14(11-15)7-9-22-16-12-19(13-16)17(20)23-18(2,3)4;1-14(2,3)19-13(17)15-8-12(9-15)18-5-4-10-6-11(16)7-10/h14-16H,5-13H2,1-4H3;10-12,16H,4-9H2,1-3H3. The predicted molar refractivity (Wildman–Crippen MR) is 160 cm³/mol. The molecule has 0 aromatic heterocycles. The Hall–Kier alpha value is -1.62. The molecule has 2 aliphatic heterocycles. The normalized spacial score (nSPS) is 26.2. The quantitative estimate of drug-likeness (QED) is 0.298. The molecule has 10 heteroatoms. The molecule has 0 radical (unpaired) electrons. The molecule has 0 aromatic carbocycles. The summed E-state index contributed by atoms with van der Waals surface area (Å²) in [4.78, 5) is 26.9. The van der Waals surface area contributed by atoms with Crippen molar-refractivity contribution in [2.45, 2.75) is 135 Å². The first kappa shape index (κ1) is 34.9. The average Bonchev–Trinajstić information content (AvgIpc) is 2.76. The van der Waals surface area contributed by atoms with E-state index in [2.05, 4.69) is 6.92 Å². The molecule has 4 rings (SSSR count). The lowest BCUT2D eigenvalue weighted by atomic mass is 9.80. The first-order valence-corrected chi connectivity index (χ1v) is 16.2. The Balaban J connectivity index is 0.000000235. The molecule has 2 amide bonds. The summed E-state index contributed by atoms with van der Waals surface area (Å²) in [6.07, 6.45) is 8.92. The van der Waals surface area contributed by atoms with Gasteiger partial charge in [-0.3, -0.25) is 0 Å². The lowest BCUT2D eigenvalue weighted by Crippen LogP contribution is -2.56. The molecule has 2 saturated heterocycles. The second kappa shape index (κ2) is 15.9. The van der Waals surface area contributed by atoms with Crippen LogP contribution in [0.25, 0.3) is 0 Å². The Bertz CT molecular complexity index is 817. The second-order valence-electron chi connectivity index (χ2n) is 14.5. The average molecular weight is 599 g/mol. The van der Waals surface area contributed by atoms with Crippen LogP contribution in [0, 0.1) is 11.8 Å². The number of hydrogen-bond donors (Lipinski definition) is 1. The summed E-state index contributed by atoms with van der Waals surface area (Å²) < 4.78 is 27.9. The molecule has 10 nitrogen and oxygen atoms in total. The molecule has 0 bridgehead atoms. The Labute approximate surface area is 253 Å². The van der Waals surface area contributed by atoms with Gasteiger partial charge in [-0.05, 0) is 98.3 Å². The molecule has 0 atom stereocenters. The van der Waals surface area contributed by atoms with Gasteiger partial charge in [0.2, 0.25) is 0 Å². The van der Waals surface area contributed by atoms with Crippen LogP contribution in [0.5, 0.6) is 0 Å². The highest BCUT2D eigenvalue weighted by atomic mass is 16.6. The van der Waals surface area contributed by atoms with E-state index < -0.39 is 11.2 Å². The number of unbranched alkanes of at least 4 members (excludes halogenated alkanes) is 1. The van der Waals surface area contributed by atoms with Crippen molar-refractivity contribution in [2.24, 2.45) is 11.8 Å². The van der Waals surface area contributed by atoms with Crippen molar-refractivity contribution in [3.8, 4) is 0 Å². The summed E-state index contributed by atoms with van der Waals surface area (Å²) >= 11 is 0. The first-order valence-electron chi connectivity index (χ1n) is 16.2. The van der Waals surface area contributed by atoms with Gasteiger partial charge in [0.15, 0.2) is 0 Å². The van der Waals surface area contributed by atoms with Crippen molar-refractivity contribution in [2.75, 3.05) is 46.0 Å². The topological polar surface area (TPSA) is 107 Å². The summed E-state index contributed by atoms with van der Waals surface area (Å²) in [5.74, 6) is 1.38. The summed E-state index contributed by atoms with van der Waals surface area (Å²) in [5, 5.41) is 9.17. The van der Waals surface area contributed by atoms with Crippen LogP contribution in [0.1, 0.15) is 99.8 Å². The molecule has 1 N–H and O–H groups in total. The fourth-order valence-electron chi connectivity index (χ4n) is 5.22. The van der Waals surface area contributed by atoms with Crippen molar-refractivity contribution in [1.29, 1.82) is 0 Å². The lowest BCUT2D eigenvalue weighted by molar-refractivity contribution is -0.0770. The molecule has 2 saturated carbocycles. The number of aliphatic hydroxyl groups is 1. The minimum Gasteiger partial charge on any atom is -0.444 e. The van der Waals surface area contributed by atoms with Crippen LogP contribution in [-0.2, 0) is 23.7 Å². The van der Waals surface area contributed by atoms with Crippen LogP contribution in [0.4, 0.5) is 9.59 Å². The van der Waals surface area contributed by atoms with E-state index >= 15 is 0 Å². The van der Waals surface area contributed by atoms with Gasteiger partial charge in [0, 0.05) is 19.8 Å². The summed E-state index contributed by atoms with van der Waals surface area (Å²) in [5.41, 5.74) is -0.864. The van der Waals surface area contributed by atoms with Crippen LogP contribution in [0.15, 0.2) is 0 Å². The number of nitrogens with zero attached hydrogens (tertiary/aromatic N) is 2. The van der Waals surface area contributed by atoms with Gasteiger partial charge < -0.3 is 38.6 Å². The predicted octanol–water partition coefficient (Wildman–Crippen LogP) is 5.39. The number of carbonyl (C=O) groups is 2. The number of ether oxygens (including phenoxy) is 5. The number of rotatable bonds is 12. The Kier molecular flexibility index (Phi) is 13.2. The maximum atomic E-state index is 11.8. The van der Waals surface area contributed by atoms with Gasteiger partial charge in [-0.15, -0.1) is 0 Å². The fraction of sp³-hybridized carbons (Fsp3) is 0.938. The molecule has 0 unspecified atom stereocenters. The van der Waals surface area contributed by atoms with Crippen molar-refractivity contribution >= 4 is 12.2 Å². The molecule has 4 fully saturated rings. The van der Waals surface area contributed by atoms with Crippen LogP contribution in [0.3, 0.4) is 0 Å². The molecular weight excluding hydrogens is 540 g/mol. The monoisotopic (exact) mass is 598 g/mol. The van der Waals surface area contributed by atoms with E-state index in [-0.39, 0.29) is 30.5 Å². The second-order valence-corrected chi connectivity index (χ2v) is 14.5. The van der Waals surface area contributed by atoms with Crippen LogP contribution in [-0.4, -0.2) is 109 Å². The number of likely N-dealkylation sites (tertiary alicyclic amines) is 2. The Morgan fingerprint density at radius 3 is 1.45 bits per heavy atom. The molecule has 4 aliphatic rings. The van der Waals surface area contributed by atoms with Gasteiger partial charge in [0.05, 0.1) is 50.6 Å². The van der Waals surface area contributed by atoms with Gasteiger partial charge in [-0.2, -0.15) is 0 Å². The van der Waals surface area contributed by atoms with Crippen molar-refractivity contribution in [1.82, 2.24) is 9.80 Å². The van der Waals surface area contributed by atoms with E-state index in [4.69, 9.17) is 23.7 Å². The highest BCUT2D eigenvalue weighted by molar-refractivity contribution is 5.69. The maximum Gasteiger partial charge on any atom is 0.410 e. The molecule has 2 heterocycles. The zero-order valence-corrected chi connectivity index (χ0v) is 27.3. The fourth-order valence-corrected chi connectivity index (χ4v) is 5.22. The third-order valence-electron chi connectivity index (χ3n) is 8.01. The molecule has 2 aliphatic carbocycles. The van der Waals surface area contributed by atoms with Gasteiger partial charge in [0.1, 0.15) is 11.2 Å². The third-order valence-corrected chi connectivity index (χ3v) is 8.01. The number of hydrogen-bond acceptors (Lipinski definition) is 8. The molecule has 0 spiro atoms. The minimum atomic E-state index is -0.436. The molecule has 0 aromatic rings. The first-order chi connectivity index (χ1) is 19.7. The Morgan fingerprint density at radius 1 is 0.667 bits per heavy atom. The largest absolute Gasteiger partial charge is 0.444 e. The van der Waals surface area contributed by atoms with Crippen LogP contribution < -0.4 is 0 Å². The molecule has 42 heavy (non-hydrogen) atoms. The summed E-state index contributed by atoms with van der Waals surface area (Å²) in [7, 11) is 0. The third kappa shape index (κ3) is 12.5. The molecule has 244 valence electrons. The number of carbonyl (C=O) groups excluding carboxylic acids is 2.